The van der Waals surface area contributed by atoms with E-state index in [9.17, 15) is 9.59 Å². The van der Waals surface area contributed by atoms with Crippen LogP contribution in [-0.4, -0.2) is 33.7 Å². The summed E-state index contributed by atoms with van der Waals surface area (Å²) in [5, 5.41) is 18.8. The van der Waals surface area contributed by atoms with Crippen LogP contribution in [0.1, 0.15) is 31.5 Å². The number of carbonyl (C=O) groups excluding carboxylic acids is 2. The van der Waals surface area contributed by atoms with E-state index in [0.29, 0.717) is 45.7 Å². The molecule has 8 nitrogen and oxygen atoms in total. The zero-order valence-electron chi connectivity index (χ0n) is 17.0. The lowest BCUT2D eigenvalue weighted by Crippen LogP contribution is -2.25. The van der Waals surface area contributed by atoms with Crippen LogP contribution in [0.5, 0.6) is 0 Å². The van der Waals surface area contributed by atoms with Gasteiger partial charge in [0, 0.05) is 28.6 Å². The molecule has 2 heterocycles. The summed E-state index contributed by atoms with van der Waals surface area (Å²) in [5.41, 5.74) is 2.19. The zero-order chi connectivity index (χ0) is 22.5. The molecular formula is C22H18BrN5O3S. The molecule has 0 bridgehead atoms. The average Bonchev–Trinajstić information content (AvgIpc) is 3.40. The highest BCUT2D eigenvalue weighted by atomic mass is 79.9. The first-order valence-electron chi connectivity index (χ1n) is 9.70. The van der Waals surface area contributed by atoms with Gasteiger partial charge in [0.2, 0.25) is 5.13 Å². The van der Waals surface area contributed by atoms with Gasteiger partial charge in [-0.1, -0.05) is 68.8 Å². The number of benzene rings is 2. The third-order valence-corrected chi connectivity index (χ3v) is 5.93. The minimum Gasteiger partial charge on any atom is -0.360 e. The van der Waals surface area contributed by atoms with E-state index in [0.717, 1.165) is 10.0 Å². The number of hydrogen-bond acceptors (Lipinski definition) is 7. The molecule has 4 rings (SSSR count). The van der Waals surface area contributed by atoms with Crippen molar-refractivity contribution in [1.82, 2.24) is 20.7 Å². The van der Waals surface area contributed by atoms with Crippen LogP contribution < -0.4 is 10.6 Å². The fraction of sp³-hybridized carbons (Fsp3) is 0.136. The van der Waals surface area contributed by atoms with Gasteiger partial charge in [0.25, 0.3) is 11.8 Å². The number of carbonyl (C=O) groups is 2. The molecule has 2 aromatic heterocycles. The van der Waals surface area contributed by atoms with Gasteiger partial charge in [-0.2, -0.15) is 0 Å². The van der Waals surface area contributed by atoms with E-state index < -0.39 is 0 Å². The first-order chi connectivity index (χ1) is 15.5. The molecule has 0 aliphatic carbocycles. The number of hydrogen-bond donors (Lipinski definition) is 2. The van der Waals surface area contributed by atoms with E-state index in [1.54, 1.807) is 25.1 Å². The van der Waals surface area contributed by atoms with Crippen molar-refractivity contribution in [3.05, 3.63) is 81.0 Å². The van der Waals surface area contributed by atoms with Crippen molar-refractivity contribution in [2.75, 3.05) is 11.9 Å². The van der Waals surface area contributed by atoms with E-state index >= 15 is 0 Å². The number of amides is 2. The van der Waals surface area contributed by atoms with E-state index in [2.05, 4.69) is 41.9 Å². The molecule has 0 spiro atoms. The van der Waals surface area contributed by atoms with Gasteiger partial charge >= 0.3 is 0 Å². The van der Waals surface area contributed by atoms with Crippen molar-refractivity contribution >= 4 is 44.2 Å². The minimum absolute atomic E-state index is 0.166. The molecule has 0 saturated carbocycles. The summed E-state index contributed by atoms with van der Waals surface area (Å²) in [7, 11) is 0. The summed E-state index contributed by atoms with van der Waals surface area (Å²) in [5.74, 6) is -0.115. The summed E-state index contributed by atoms with van der Waals surface area (Å²) in [6, 6.07) is 16.5. The largest absolute Gasteiger partial charge is 0.360 e. The van der Waals surface area contributed by atoms with Crippen LogP contribution in [0.4, 0.5) is 5.13 Å². The molecule has 2 N–H and O–H groups in total. The number of rotatable bonds is 7. The van der Waals surface area contributed by atoms with E-state index in [4.69, 9.17) is 4.52 Å². The Kier molecular flexibility index (Phi) is 6.72. The number of halogens is 1. The van der Waals surface area contributed by atoms with Crippen LogP contribution in [0.3, 0.4) is 0 Å². The quantitative estimate of drug-likeness (QED) is 0.378. The number of aromatic nitrogens is 3. The molecule has 0 fully saturated rings. The fourth-order valence-electron chi connectivity index (χ4n) is 3.01. The van der Waals surface area contributed by atoms with Crippen LogP contribution in [0, 0.1) is 6.92 Å². The van der Waals surface area contributed by atoms with Gasteiger partial charge < -0.3 is 9.84 Å². The van der Waals surface area contributed by atoms with Crippen LogP contribution in [0.2, 0.25) is 0 Å². The topological polar surface area (TPSA) is 110 Å². The summed E-state index contributed by atoms with van der Waals surface area (Å²) < 4.78 is 6.09. The second-order valence-corrected chi connectivity index (χ2v) is 8.78. The Hall–Kier alpha value is -3.37. The summed E-state index contributed by atoms with van der Waals surface area (Å²) >= 11 is 4.60. The summed E-state index contributed by atoms with van der Waals surface area (Å²) in [6.07, 6.45) is 0.495. The molecule has 0 saturated heterocycles. The predicted octanol–water partition coefficient (Wildman–Crippen LogP) is 4.49. The van der Waals surface area contributed by atoms with Crippen LogP contribution >= 0.6 is 27.3 Å². The van der Waals surface area contributed by atoms with Crippen molar-refractivity contribution < 1.29 is 14.1 Å². The minimum atomic E-state index is -0.367. The highest BCUT2D eigenvalue weighted by Gasteiger charge is 2.22. The number of anilines is 1. The maximum absolute atomic E-state index is 12.9. The Bertz CT molecular complexity index is 1260. The Labute approximate surface area is 196 Å². The van der Waals surface area contributed by atoms with Gasteiger partial charge in [0.1, 0.15) is 22.0 Å². The van der Waals surface area contributed by atoms with Crippen molar-refractivity contribution in [3.63, 3.8) is 0 Å². The average molecular weight is 512 g/mol. The van der Waals surface area contributed by atoms with E-state index in [1.165, 1.54) is 11.3 Å². The highest BCUT2D eigenvalue weighted by Crippen LogP contribution is 2.26. The second kappa shape index (κ2) is 9.84. The first-order valence-corrected chi connectivity index (χ1v) is 11.3. The Balaban J connectivity index is 1.36. The summed E-state index contributed by atoms with van der Waals surface area (Å²) in [4.78, 5) is 25.1. The van der Waals surface area contributed by atoms with Gasteiger partial charge in [-0.05, 0) is 25.1 Å². The lowest BCUT2D eigenvalue weighted by atomic mass is 10.1. The fourth-order valence-corrected chi connectivity index (χ4v) is 4.15. The molecule has 4 aromatic rings. The van der Waals surface area contributed by atoms with Crippen molar-refractivity contribution in [1.29, 1.82) is 0 Å². The zero-order valence-corrected chi connectivity index (χ0v) is 19.4. The van der Waals surface area contributed by atoms with Gasteiger partial charge in [0.15, 0.2) is 0 Å². The maximum Gasteiger partial charge on any atom is 0.263 e. The number of aryl methyl sites for hydroxylation is 1. The second-order valence-electron chi connectivity index (χ2n) is 6.80. The normalized spacial score (nSPS) is 10.7. The third kappa shape index (κ3) is 5.09. The first kappa shape index (κ1) is 21.8. The van der Waals surface area contributed by atoms with Gasteiger partial charge in [-0.15, -0.1) is 10.2 Å². The molecule has 0 radical (unpaired) electrons. The molecule has 0 aliphatic rings. The third-order valence-electron chi connectivity index (χ3n) is 4.54. The molecule has 10 heteroatoms. The summed E-state index contributed by atoms with van der Waals surface area (Å²) in [6.45, 7) is 2.09. The van der Waals surface area contributed by atoms with Crippen molar-refractivity contribution in [2.24, 2.45) is 0 Å². The van der Waals surface area contributed by atoms with Crippen molar-refractivity contribution in [3.8, 4) is 11.3 Å². The standard InChI is InChI=1S/C22H18BrN5O3S/c1-13-18(19(28-31-13)14-6-3-2-4-7-14)21(30)25-22-27-26-17(32-22)10-11-24-20(29)15-8-5-9-16(23)12-15/h2-9,12H,10-11H2,1H3,(H,24,29)(H,25,27,30). The smallest absolute Gasteiger partial charge is 0.263 e. The van der Waals surface area contributed by atoms with Crippen molar-refractivity contribution in [2.45, 2.75) is 13.3 Å². The molecule has 2 amide bonds. The van der Waals surface area contributed by atoms with Gasteiger partial charge in [0.05, 0.1) is 0 Å². The lowest BCUT2D eigenvalue weighted by molar-refractivity contribution is 0.0953. The molecule has 2 aromatic carbocycles. The highest BCUT2D eigenvalue weighted by molar-refractivity contribution is 9.10. The number of nitrogens with zero attached hydrogens (tertiary/aromatic N) is 3. The van der Waals surface area contributed by atoms with Crippen LogP contribution in [0.15, 0.2) is 63.6 Å². The number of nitrogens with one attached hydrogen (secondary N) is 2. The molecule has 162 valence electrons. The monoisotopic (exact) mass is 511 g/mol. The van der Waals surface area contributed by atoms with E-state index in [-0.39, 0.29) is 11.8 Å². The Morgan fingerprint density at radius 2 is 1.88 bits per heavy atom. The van der Waals surface area contributed by atoms with Gasteiger partial charge in [-0.25, -0.2) is 0 Å². The molecular weight excluding hydrogens is 494 g/mol. The Morgan fingerprint density at radius 1 is 1.06 bits per heavy atom. The lowest BCUT2D eigenvalue weighted by Gasteiger charge is -2.04. The van der Waals surface area contributed by atoms with Crippen LogP contribution in [-0.2, 0) is 6.42 Å². The molecule has 32 heavy (non-hydrogen) atoms. The SMILES string of the molecule is Cc1onc(-c2ccccc2)c1C(=O)Nc1nnc(CCNC(=O)c2cccc(Br)c2)s1. The van der Waals surface area contributed by atoms with Crippen LogP contribution in [0.25, 0.3) is 11.3 Å². The molecule has 0 atom stereocenters. The van der Waals surface area contributed by atoms with Gasteiger partial charge in [-0.3, -0.25) is 14.9 Å². The predicted molar refractivity (Wildman–Crippen MR) is 125 cm³/mol. The maximum atomic E-state index is 12.9. The Morgan fingerprint density at radius 3 is 2.66 bits per heavy atom. The molecule has 0 aliphatic heterocycles. The van der Waals surface area contributed by atoms with E-state index in [1.807, 2.05) is 36.4 Å². The molecule has 0 unspecified atom stereocenters.